The molecule has 1 aromatic rings. The van der Waals surface area contributed by atoms with E-state index in [1.807, 2.05) is 13.0 Å². The first kappa shape index (κ1) is 12.5. The molecule has 0 saturated carbocycles. The average Bonchev–Trinajstić information content (AvgIpc) is 2.82. The second-order valence-electron chi connectivity index (χ2n) is 4.22. The van der Waals surface area contributed by atoms with Crippen LogP contribution in [0.5, 0.6) is 0 Å². The Morgan fingerprint density at radius 2 is 2.53 bits per heavy atom. The van der Waals surface area contributed by atoms with Crippen molar-refractivity contribution in [2.45, 2.75) is 19.4 Å². The molecule has 2 atom stereocenters. The number of nitrogens with one attached hydrogen (secondary N) is 1. The molecule has 1 fully saturated rings. The maximum absolute atomic E-state index is 12.0. The van der Waals surface area contributed by atoms with Crippen LogP contribution in [0.4, 0.5) is 0 Å². The first-order chi connectivity index (χ1) is 8.18. The Bertz CT molecular complexity index is 405. The van der Waals surface area contributed by atoms with Gasteiger partial charge in [0, 0.05) is 29.2 Å². The molecule has 0 aromatic carbocycles. The van der Waals surface area contributed by atoms with Crippen molar-refractivity contribution in [3.63, 3.8) is 0 Å². The molecule has 1 amide bonds. The Morgan fingerprint density at radius 1 is 1.71 bits per heavy atom. The zero-order valence-corrected chi connectivity index (χ0v) is 11.2. The van der Waals surface area contributed by atoms with Crippen molar-refractivity contribution < 1.29 is 9.53 Å². The highest BCUT2D eigenvalue weighted by molar-refractivity contribution is 9.10. The van der Waals surface area contributed by atoms with Gasteiger partial charge in [-0.1, -0.05) is 0 Å². The highest BCUT2D eigenvalue weighted by Gasteiger charge is 2.24. The highest BCUT2D eigenvalue weighted by Crippen LogP contribution is 2.18. The molecule has 0 aliphatic carbocycles. The minimum atomic E-state index is -0.142. The number of amides is 1. The van der Waals surface area contributed by atoms with E-state index in [9.17, 15) is 4.79 Å². The van der Waals surface area contributed by atoms with Crippen molar-refractivity contribution in [3.8, 4) is 0 Å². The van der Waals surface area contributed by atoms with Gasteiger partial charge in [0.05, 0.1) is 6.61 Å². The zero-order valence-electron chi connectivity index (χ0n) is 9.65. The lowest BCUT2D eigenvalue weighted by molar-refractivity contribution is 0.0916. The van der Waals surface area contributed by atoms with E-state index in [0.29, 0.717) is 16.1 Å². The summed E-state index contributed by atoms with van der Waals surface area (Å²) >= 11 is 3.32. The van der Waals surface area contributed by atoms with Gasteiger partial charge < -0.3 is 10.1 Å². The van der Waals surface area contributed by atoms with Crippen molar-refractivity contribution in [3.05, 3.63) is 28.5 Å². The summed E-state index contributed by atoms with van der Waals surface area (Å²) in [6, 6.07) is 3.71. The third-order valence-electron chi connectivity index (χ3n) is 3.00. The summed E-state index contributed by atoms with van der Waals surface area (Å²) in [6.45, 7) is 3.52. The van der Waals surface area contributed by atoms with Crippen molar-refractivity contribution in [2.75, 3.05) is 13.2 Å². The largest absolute Gasteiger partial charge is 0.381 e. The van der Waals surface area contributed by atoms with Crippen LogP contribution in [0.1, 0.15) is 23.8 Å². The second kappa shape index (κ2) is 5.60. The first-order valence-corrected chi connectivity index (χ1v) is 6.47. The van der Waals surface area contributed by atoms with Crippen LogP contribution in [0.25, 0.3) is 0 Å². The maximum atomic E-state index is 12.0. The number of carbonyl (C=O) groups is 1. The molecule has 92 valence electrons. The number of carbonyl (C=O) groups excluding carboxylic acids is 1. The Hall–Kier alpha value is -0.940. The molecule has 2 heterocycles. The molecule has 0 radical (unpaired) electrons. The van der Waals surface area contributed by atoms with Crippen LogP contribution in [0.3, 0.4) is 0 Å². The van der Waals surface area contributed by atoms with Crippen LogP contribution in [0.2, 0.25) is 0 Å². The summed E-state index contributed by atoms with van der Waals surface area (Å²) in [5.41, 5.74) is 0.429. The summed E-state index contributed by atoms with van der Waals surface area (Å²) in [6.07, 6.45) is 2.62. The zero-order chi connectivity index (χ0) is 12.3. The highest BCUT2D eigenvalue weighted by atomic mass is 79.9. The lowest BCUT2D eigenvalue weighted by Crippen LogP contribution is -2.38. The van der Waals surface area contributed by atoms with E-state index in [-0.39, 0.29) is 11.9 Å². The molecule has 4 nitrogen and oxygen atoms in total. The molecule has 1 N–H and O–H groups in total. The summed E-state index contributed by atoms with van der Waals surface area (Å²) in [7, 11) is 0. The average molecular weight is 299 g/mol. The number of halogens is 1. The van der Waals surface area contributed by atoms with Crippen LogP contribution in [-0.4, -0.2) is 30.1 Å². The predicted octanol–water partition coefficient (Wildman–Crippen LogP) is 2.00. The van der Waals surface area contributed by atoms with Gasteiger partial charge in [-0.05, 0) is 41.4 Å². The minimum absolute atomic E-state index is 0.110. The van der Waals surface area contributed by atoms with Gasteiger partial charge in [0.25, 0.3) is 5.91 Å². The van der Waals surface area contributed by atoms with Gasteiger partial charge in [0.15, 0.2) is 0 Å². The molecule has 17 heavy (non-hydrogen) atoms. The van der Waals surface area contributed by atoms with E-state index >= 15 is 0 Å². The van der Waals surface area contributed by atoms with Crippen molar-refractivity contribution in [1.82, 2.24) is 10.3 Å². The Morgan fingerprint density at radius 3 is 3.18 bits per heavy atom. The molecule has 1 aliphatic rings. The van der Waals surface area contributed by atoms with Gasteiger partial charge in [-0.2, -0.15) is 0 Å². The van der Waals surface area contributed by atoms with Crippen molar-refractivity contribution in [1.29, 1.82) is 0 Å². The molecule has 2 rings (SSSR count). The topological polar surface area (TPSA) is 51.2 Å². The maximum Gasteiger partial charge on any atom is 0.271 e. The number of aromatic nitrogens is 1. The quantitative estimate of drug-likeness (QED) is 0.928. The van der Waals surface area contributed by atoms with E-state index in [1.165, 1.54) is 0 Å². The molecule has 0 unspecified atom stereocenters. The van der Waals surface area contributed by atoms with E-state index in [2.05, 4.69) is 26.2 Å². The number of hydrogen-bond acceptors (Lipinski definition) is 3. The van der Waals surface area contributed by atoms with Crippen LogP contribution in [-0.2, 0) is 4.74 Å². The third-order valence-corrected chi connectivity index (χ3v) is 3.64. The van der Waals surface area contributed by atoms with Crippen LogP contribution in [0.15, 0.2) is 22.8 Å². The Kier molecular flexibility index (Phi) is 4.12. The fraction of sp³-hybridized carbons (Fsp3) is 0.500. The molecule has 0 bridgehead atoms. The van der Waals surface area contributed by atoms with Crippen LogP contribution < -0.4 is 5.32 Å². The lowest BCUT2D eigenvalue weighted by atomic mass is 10.0. The fourth-order valence-corrected chi connectivity index (χ4v) is 2.33. The van der Waals surface area contributed by atoms with Gasteiger partial charge in [-0.15, -0.1) is 0 Å². The van der Waals surface area contributed by atoms with E-state index < -0.39 is 0 Å². The van der Waals surface area contributed by atoms with Gasteiger partial charge in [0.2, 0.25) is 0 Å². The minimum Gasteiger partial charge on any atom is -0.381 e. The van der Waals surface area contributed by atoms with Gasteiger partial charge in [0.1, 0.15) is 5.69 Å². The predicted molar refractivity (Wildman–Crippen MR) is 67.8 cm³/mol. The smallest absolute Gasteiger partial charge is 0.271 e. The molecule has 5 heteroatoms. The monoisotopic (exact) mass is 298 g/mol. The lowest BCUT2D eigenvalue weighted by Gasteiger charge is -2.19. The third kappa shape index (κ3) is 3.04. The number of pyridine rings is 1. The molecule has 1 aliphatic heterocycles. The number of hydrogen-bond donors (Lipinski definition) is 1. The number of ether oxygens (including phenoxy) is 1. The molecular formula is C12H15BrN2O2. The fourth-order valence-electron chi connectivity index (χ4n) is 1.89. The summed E-state index contributed by atoms with van der Waals surface area (Å²) in [5, 5.41) is 2.97. The molecular weight excluding hydrogens is 284 g/mol. The number of rotatable bonds is 3. The van der Waals surface area contributed by atoms with Gasteiger partial charge in [-0.3, -0.25) is 4.79 Å². The summed E-state index contributed by atoms with van der Waals surface area (Å²) < 4.78 is 6.03. The standard InChI is InChI=1S/C12H15BrN2O2/c1-8(9-4-6-17-7-9)15-12(16)11-10(13)3-2-5-14-11/h2-3,5,8-9H,4,6-7H2,1H3,(H,15,16)/t8-,9-/m1/s1. The van der Waals surface area contributed by atoms with E-state index in [0.717, 1.165) is 19.6 Å². The van der Waals surface area contributed by atoms with E-state index in [1.54, 1.807) is 12.3 Å². The summed E-state index contributed by atoms with van der Waals surface area (Å²) in [4.78, 5) is 16.1. The Labute approximate surface area is 109 Å². The van der Waals surface area contributed by atoms with Crippen molar-refractivity contribution >= 4 is 21.8 Å². The van der Waals surface area contributed by atoms with Crippen LogP contribution in [0, 0.1) is 5.92 Å². The van der Waals surface area contributed by atoms with Crippen LogP contribution >= 0.6 is 15.9 Å². The number of nitrogens with zero attached hydrogens (tertiary/aromatic N) is 1. The first-order valence-electron chi connectivity index (χ1n) is 5.67. The van der Waals surface area contributed by atoms with Gasteiger partial charge >= 0.3 is 0 Å². The van der Waals surface area contributed by atoms with Crippen molar-refractivity contribution in [2.24, 2.45) is 5.92 Å². The molecule has 0 spiro atoms. The Balaban J connectivity index is 1.99. The normalized spacial score (nSPS) is 21.2. The summed E-state index contributed by atoms with van der Waals surface area (Å²) in [5.74, 6) is 0.262. The molecule has 1 saturated heterocycles. The van der Waals surface area contributed by atoms with E-state index in [4.69, 9.17) is 4.74 Å². The second-order valence-corrected chi connectivity index (χ2v) is 5.07. The van der Waals surface area contributed by atoms with Gasteiger partial charge in [-0.25, -0.2) is 4.98 Å². The SMILES string of the molecule is C[C@@H](NC(=O)c1ncccc1Br)[C@@H]1CCOC1. The molecule has 1 aromatic heterocycles.